The first-order valence-corrected chi connectivity index (χ1v) is 9.75. The first-order valence-electron chi connectivity index (χ1n) is 9.75. The molecule has 2 aromatic rings. The van der Waals surface area contributed by atoms with Crippen molar-refractivity contribution in [1.29, 1.82) is 0 Å². The van der Waals surface area contributed by atoms with E-state index in [0.29, 0.717) is 11.3 Å². The topological polar surface area (TPSA) is 71.9 Å². The molecule has 1 aliphatic heterocycles. The van der Waals surface area contributed by atoms with E-state index in [1.54, 1.807) is 31.3 Å². The van der Waals surface area contributed by atoms with Gasteiger partial charge >= 0.3 is 0 Å². The Labute approximate surface area is 166 Å². The molecule has 0 saturated carbocycles. The van der Waals surface area contributed by atoms with E-state index in [-0.39, 0.29) is 5.91 Å². The van der Waals surface area contributed by atoms with Crippen LogP contribution in [0.2, 0.25) is 0 Å². The molecule has 0 radical (unpaired) electrons. The Balaban J connectivity index is 1.84. The fraction of sp³-hybridized carbons (Fsp3) is 0.429. The number of nitrogens with zero attached hydrogens (tertiary/aromatic N) is 4. The number of benzene rings is 1. The first kappa shape index (κ1) is 19.8. The number of aromatic hydroxyl groups is 1. The first-order chi connectivity index (χ1) is 13.5. The van der Waals surface area contributed by atoms with Crippen molar-refractivity contribution in [2.45, 2.75) is 13.3 Å². The van der Waals surface area contributed by atoms with Crippen LogP contribution < -0.4 is 15.1 Å². The predicted molar refractivity (Wildman–Crippen MR) is 114 cm³/mol. The molecule has 0 aliphatic carbocycles. The number of amides is 1. The highest BCUT2D eigenvalue weighted by molar-refractivity contribution is 6.04. The van der Waals surface area contributed by atoms with Crippen LogP contribution in [0.15, 0.2) is 36.5 Å². The van der Waals surface area contributed by atoms with Crippen LogP contribution in [-0.4, -0.2) is 67.7 Å². The maximum absolute atomic E-state index is 12.9. The van der Waals surface area contributed by atoms with Gasteiger partial charge in [-0.1, -0.05) is 19.1 Å². The van der Waals surface area contributed by atoms with Gasteiger partial charge in [0.25, 0.3) is 5.91 Å². The third-order valence-electron chi connectivity index (χ3n) is 4.92. The van der Waals surface area contributed by atoms with Gasteiger partial charge in [-0.15, -0.1) is 0 Å². The van der Waals surface area contributed by atoms with Crippen LogP contribution in [0.4, 0.5) is 17.2 Å². The van der Waals surface area contributed by atoms with Crippen molar-refractivity contribution in [2.24, 2.45) is 0 Å². The van der Waals surface area contributed by atoms with E-state index < -0.39 is 0 Å². The molecule has 0 bridgehead atoms. The summed E-state index contributed by atoms with van der Waals surface area (Å²) in [4.78, 5) is 23.4. The molecule has 7 heteroatoms. The monoisotopic (exact) mass is 383 g/mol. The molecule has 2 N–H and O–H groups in total. The summed E-state index contributed by atoms with van der Waals surface area (Å²) in [6.07, 6.45) is 2.74. The SMILES string of the molecule is CCCNc1ccnc(N2CCN(c3ccccc3O)CC2)c1C(=O)N(C)C. The van der Waals surface area contributed by atoms with E-state index >= 15 is 0 Å². The fourth-order valence-corrected chi connectivity index (χ4v) is 3.42. The second-order valence-electron chi connectivity index (χ2n) is 7.15. The minimum Gasteiger partial charge on any atom is -0.506 e. The van der Waals surface area contributed by atoms with Gasteiger partial charge in [0.2, 0.25) is 0 Å². The minimum atomic E-state index is -0.0511. The number of para-hydroxylation sites is 2. The van der Waals surface area contributed by atoms with Gasteiger partial charge in [-0.05, 0) is 24.6 Å². The second-order valence-corrected chi connectivity index (χ2v) is 7.15. The lowest BCUT2D eigenvalue weighted by Gasteiger charge is -2.37. The van der Waals surface area contributed by atoms with Gasteiger partial charge < -0.3 is 25.1 Å². The minimum absolute atomic E-state index is 0.0511. The molecule has 1 fully saturated rings. The Morgan fingerprint density at radius 3 is 2.46 bits per heavy atom. The van der Waals surface area contributed by atoms with Gasteiger partial charge in [-0.25, -0.2) is 4.98 Å². The van der Waals surface area contributed by atoms with Crippen LogP contribution in [0.25, 0.3) is 0 Å². The highest BCUT2D eigenvalue weighted by Crippen LogP contribution is 2.30. The molecule has 28 heavy (non-hydrogen) atoms. The molecule has 0 atom stereocenters. The fourth-order valence-electron chi connectivity index (χ4n) is 3.42. The lowest BCUT2D eigenvalue weighted by Crippen LogP contribution is -2.47. The summed E-state index contributed by atoms with van der Waals surface area (Å²) < 4.78 is 0. The summed E-state index contributed by atoms with van der Waals surface area (Å²) in [6, 6.07) is 9.26. The number of piperazine rings is 1. The number of nitrogens with one attached hydrogen (secondary N) is 1. The van der Waals surface area contributed by atoms with Crippen molar-refractivity contribution in [2.75, 3.05) is 61.9 Å². The van der Waals surface area contributed by atoms with Crippen LogP contribution in [0.5, 0.6) is 5.75 Å². The number of phenolic OH excluding ortho intramolecular Hbond substituents is 1. The molecular weight excluding hydrogens is 354 g/mol. The number of rotatable bonds is 6. The Morgan fingerprint density at radius 1 is 1.14 bits per heavy atom. The lowest BCUT2D eigenvalue weighted by molar-refractivity contribution is 0.0828. The summed E-state index contributed by atoms with van der Waals surface area (Å²) in [5, 5.41) is 13.5. The van der Waals surface area contributed by atoms with Crippen molar-refractivity contribution in [3.05, 3.63) is 42.1 Å². The zero-order chi connectivity index (χ0) is 20.1. The number of anilines is 3. The Hall–Kier alpha value is -2.96. The van der Waals surface area contributed by atoms with Gasteiger partial charge in [0, 0.05) is 53.0 Å². The summed E-state index contributed by atoms with van der Waals surface area (Å²) >= 11 is 0. The van der Waals surface area contributed by atoms with E-state index in [2.05, 4.69) is 27.0 Å². The summed E-state index contributed by atoms with van der Waals surface area (Å²) in [6.45, 7) is 5.86. The van der Waals surface area contributed by atoms with Crippen LogP contribution >= 0.6 is 0 Å². The molecule has 7 nitrogen and oxygen atoms in total. The molecule has 1 aromatic heterocycles. The maximum Gasteiger partial charge on any atom is 0.259 e. The zero-order valence-electron chi connectivity index (χ0n) is 16.9. The van der Waals surface area contributed by atoms with Crippen molar-refractivity contribution in [3.63, 3.8) is 0 Å². The average Bonchev–Trinajstić information content (AvgIpc) is 2.72. The quantitative estimate of drug-likeness (QED) is 0.799. The molecule has 1 aliphatic rings. The second kappa shape index (κ2) is 8.82. The number of phenols is 1. The predicted octanol–water partition coefficient (Wildman–Crippen LogP) is 2.64. The van der Waals surface area contributed by atoms with E-state index in [1.165, 1.54) is 0 Å². The normalized spacial score (nSPS) is 14.1. The lowest BCUT2D eigenvalue weighted by atomic mass is 10.1. The number of carbonyl (C=O) groups excluding carboxylic acids is 1. The summed E-state index contributed by atoms with van der Waals surface area (Å²) in [5.74, 6) is 0.963. The van der Waals surface area contributed by atoms with Crippen LogP contribution in [0.3, 0.4) is 0 Å². The highest BCUT2D eigenvalue weighted by Gasteiger charge is 2.26. The number of aromatic nitrogens is 1. The molecule has 3 rings (SSSR count). The van der Waals surface area contributed by atoms with E-state index in [1.807, 2.05) is 24.3 Å². The largest absolute Gasteiger partial charge is 0.506 e. The molecule has 1 aromatic carbocycles. The Kier molecular flexibility index (Phi) is 6.23. The van der Waals surface area contributed by atoms with E-state index in [4.69, 9.17) is 0 Å². The van der Waals surface area contributed by atoms with Gasteiger partial charge in [0.15, 0.2) is 0 Å². The van der Waals surface area contributed by atoms with Crippen molar-refractivity contribution in [1.82, 2.24) is 9.88 Å². The van der Waals surface area contributed by atoms with Crippen LogP contribution in [0, 0.1) is 0 Å². The number of pyridine rings is 1. The van der Waals surface area contributed by atoms with Crippen molar-refractivity contribution >= 4 is 23.1 Å². The Morgan fingerprint density at radius 2 is 1.82 bits per heavy atom. The van der Waals surface area contributed by atoms with Crippen LogP contribution in [-0.2, 0) is 0 Å². The maximum atomic E-state index is 12.9. The Bertz CT molecular complexity index is 816. The average molecular weight is 383 g/mol. The number of hydrogen-bond donors (Lipinski definition) is 2. The summed E-state index contributed by atoms with van der Waals surface area (Å²) in [5.41, 5.74) is 2.30. The van der Waals surface area contributed by atoms with Gasteiger partial charge in [-0.2, -0.15) is 0 Å². The van der Waals surface area contributed by atoms with Crippen LogP contribution in [0.1, 0.15) is 23.7 Å². The van der Waals surface area contributed by atoms with Crippen molar-refractivity contribution < 1.29 is 9.90 Å². The molecule has 2 heterocycles. The van der Waals surface area contributed by atoms with Gasteiger partial charge in [0.1, 0.15) is 17.1 Å². The third-order valence-corrected chi connectivity index (χ3v) is 4.92. The van der Waals surface area contributed by atoms with Gasteiger partial charge in [0.05, 0.1) is 11.4 Å². The third kappa shape index (κ3) is 4.13. The van der Waals surface area contributed by atoms with Gasteiger partial charge in [-0.3, -0.25) is 4.79 Å². The number of carbonyl (C=O) groups is 1. The molecule has 0 spiro atoms. The standard InChI is InChI=1S/C21H29N5O2/c1-4-10-22-16-9-11-23-20(19(16)21(28)24(2)3)26-14-12-25(13-15-26)17-7-5-6-8-18(17)27/h5-9,11,27H,4,10,12-15H2,1-3H3,(H,22,23). The molecule has 150 valence electrons. The molecule has 0 unspecified atom stereocenters. The van der Waals surface area contributed by atoms with E-state index in [9.17, 15) is 9.90 Å². The molecule has 1 saturated heterocycles. The molecule has 1 amide bonds. The highest BCUT2D eigenvalue weighted by atomic mass is 16.3. The smallest absolute Gasteiger partial charge is 0.259 e. The number of hydrogen-bond acceptors (Lipinski definition) is 6. The zero-order valence-corrected chi connectivity index (χ0v) is 16.9. The molecular formula is C21H29N5O2. The summed E-state index contributed by atoms with van der Waals surface area (Å²) in [7, 11) is 3.53. The van der Waals surface area contributed by atoms with Crippen molar-refractivity contribution in [3.8, 4) is 5.75 Å². The van der Waals surface area contributed by atoms with E-state index in [0.717, 1.165) is 56.3 Å².